The molecule has 0 aliphatic carbocycles. The SMILES string of the molecule is CN=C(NCC1CCCN(C)C1)NC(C)C(C)C.I. The summed E-state index contributed by atoms with van der Waals surface area (Å²) in [5, 5.41) is 6.90. The summed E-state index contributed by atoms with van der Waals surface area (Å²) in [6.45, 7) is 10.1. The maximum atomic E-state index is 4.29. The maximum Gasteiger partial charge on any atom is 0.191 e. The van der Waals surface area contributed by atoms with E-state index in [-0.39, 0.29) is 24.0 Å². The van der Waals surface area contributed by atoms with Gasteiger partial charge in [0.1, 0.15) is 0 Å². The summed E-state index contributed by atoms with van der Waals surface area (Å²) in [7, 11) is 4.05. The molecule has 0 amide bonds. The van der Waals surface area contributed by atoms with Crippen molar-refractivity contribution in [2.45, 2.75) is 39.7 Å². The monoisotopic (exact) mass is 382 g/mol. The lowest BCUT2D eigenvalue weighted by atomic mass is 9.98. The van der Waals surface area contributed by atoms with E-state index in [0.29, 0.717) is 12.0 Å². The third kappa shape index (κ3) is 7.34. The number of rotatable bonds is 4. The molecule has 2 N–H and O–H groups in total. The topological polar surface area (TPSA) is 39.7 Å². The van der Waals surface area contributed by atoms with E-state index in [1.54, 1.807) is 0 Å². The summed E-state index contributed by atoms with van der Waals surface area (Å²) < 4.78 is 0. The van der Waals surface area contributed by atoms with E-state index in [4.69, 9.17) is 0 Å². The minimum atomic E-state index is 0. The molecule has 0 bridgehead atoms. The summed E-state index contributed by atoms with van der Waals surface area (Å²) in [5.41, 5.74) is 0. The molecule has 1 fully saturated rings. The molecule has 0 radical (unpaired) electrons. The van der Waals surface area contributed by atoms with Gasteiger partial charge in [0.25, 0.3) is 0 Å². The number of nitrogens with one attached hydrogen (secondary N) is 2. The molecule has 1 heterocycles. The molecule has 5 heteroatoms. The van der Waals surface area contributed by atoms with Crippen molar-refractivity contribution >= 4 is 29.9 Å². The summed E-state index contributed by atoms with van der Waals surface area (Å²) in [6, 6.07) is 0.449. The predicted molar refractivity (Wildman–Crippen MR) is 94.4 cm³/mol. The first-order valence-electron chi connectivity index (χ1n) is 7.18. The lowest BCUT2D eigenvalue weighted by Gasteiger charge is -2.30. The van der Waals surface area contributed by atoms with Crippen LogP contribution in [0.15, 0.2) is 4.99 Å². The molecular weight excluding hydrogens is 351 g/mol. The van der Waals surface area contributed by atoms with Crippen molar-refractivity contribution in [3.8, 4) is 0 Å². The van der Waals surface area contributed by atoms with Gasteiger partial charge >= 0.3 is 0 Å². The quantitative estimate of drug-likeness (QED) is 0.445. The van der Waals surface area contributed by atoms with Gasteiger partial charge in [-0.3, -0.25) is 4.99 Å². The highest BCUT2D eigenvalue weighted by molar-refractivity contribution is 14.0. The van der Waals surface area contributed by atoms with Crippen LogP contribution in [0.1, 0.15) is 33.6 Å². The molecule has 4 nitrogen and oxygen atoms in total. The average molecular weight is 382 g/mol. The van der Waals surface area contributed by atoms with Gasteiger partial charge in [-0.05, 0) is 45.2 Å². The highest BCUT2D eigenvalue weighted by Gasteiger charge is 2.17. The largest absolute Gasteiger partial charge is 0.356 e. The minimum Gasteiger partial charge on any atom is -0.356 e. The highest BCUT2D eigenvalue weighted by Crippen LogP contribution is 2.13. The zero-order chi connectivity index (χ0) is 13.5. The van der Waals surface area contributed by atoms with Crippen molar-refractivity contribution in [3.63, 3.8) is 0 Å². The molecule has 0 aromatic heterocycles. The smallest absolute Gasteiger partial charge is 0.191 e. The number of halogens is 1. The van der Waals surface area contributed by atoms with Crippen LogP contribution in [0.3, 0.4) is 0 Å². The van der Waals surface area contributed by atoms with Crippen LogP contribution in [0.25, 0.3) is 0 Å². The van der Waals surface area contributed by atoms with Gasteiger partial charge in [0.15, 0.2) is 5.96 Å². The Hall–Kier alpha value is -0.0400. The van der Waals surface area contributed by atoms with Crippen molar-refractivity contribution in [2.75, 3.05) is 33.7 Å². The Morgan fingerprint density at radius 2 is 2.05 bits per heavy atom. The van der Waals surface area contributed by atoms with Crippen LogP contribution < -0.4 is 10.6 Å². The fourth-order valence-corrected chi connectivity index (χ4v) is 2.26. The number of hydrogen-bond donors (Lipinski definition) is 2. The molecular formula is C14H31IN4. The first kappa shape index (κ1) is 19.0. The standard InChI is InChI=1S/C14H30N4.HI/c1-11(2)12(3)17-14(15-4)16-9-13-7-6-8-18(5)10-13;/h11-13H,6-10H2,1-5H3,(H2,15,16,17);1H. The summed E-state index contributed by atoms with van der Waals surface area (Å²) in [6.07, 6.45) is 2.64. The number of nitrogens with zero attached hydrogens (tertiary/aromatic N) is 2. The molecule has 1 rings (SSSR count). The second kappa shape index (κ2) is 9.80. The molecule has 2 atom stereocenters. The van der Waals surface area contributed by atoms with E-state index < -0.39 is 0 Å². The third-order valence-electron chi connectivity index (χ3n) is 3.87. The molecule has 1 saturated heterocycles. The van der Waals surface area contributed by atoms with Crippen LogP contribution in [0, 0.1) is 11.8 Å². The first-order valence-corrected chi connectivity index (χ1v) is 7.18. The van der Waals surface area contributed by atoms with Crippen molar-refractivity contribution in [1.29, 1.82) is 0 Å². The number of guanidine groups is 1. The Bertz CT molecular complexity index is 268. The zero-order valence-electron chi connectivity index (χ0n) is 13.1. The third-order valence-corrected chi connectivity index (χ3v) is 3.87. The van der Waals surface area contributed by atoms with Gasteiger partial charge in [0.2, 0.25) is 0 Å². The van der Waals surface area contributed by atoms with E-state index in [1.807, 2.05) is 7.05 Å². The fraction of sp³-hybridized carbons (Fsp3) is 0.929. The van der Waals surface area contributed by atoms with E-state index >= 15 is 0 Å². The molecule has 0 spiro atoms. The van der Waals surface area contributed by atoms with Crippen LogP contribution in [0.5, 0.6) is 0 Å². The van der Waals surface area contributed by atoms with Crippen LogP contribution in [-0.4, -0.2) is 50.6 Å². The van der Waals surface area contributed by atoms with Gasteiger partial charge in [0.05, 0.1) is 0 Å². The predicted octanol–water partition coefficient (Wildman–Crippen LogP) is 2.16. The second-order valence-corrected chi connectivity index (χ2v) is 5.90. The molecule has 114 valence electrons. The van der Waals surface area contributed by atoms with Gasteiger partial charge in [-0.25, -0.2) is 0 Å². The Balaban J connectivity index is 0.00000324. The number of likely N-dealkylation sites (tertiary alicyclic amines) is 1. The Morgan fingerprint density at radius 1 is 1.37 bits per heavy atom. The van der Waals surface area contributed by atoms with E-state index in [0.717, 1.165) is 18.4 Å². The van der Waals surface area contributed by atoms with E-state index in [2.05, 4.69) is 48.3 Å². The summed E-state index contributed by atoms with van der Waals surface area (Å²) >= 11 is 0. The van der Waals surface area contributed by atoms with Gasteiger partial charge in [0, 0.05) is 26.2 Å². The normalized spacial score (nSPS) is 22.8. The average Bonchev–Trinajstić information content (AvgIpc) is 2.34. The van der Waals surface area contributed by atoms with Crippen LogP contribution >= 0.6 is 24.0 Å². The first-order chi connectivity index (χ1) is 8.52. The second-order valence-electron chi connectivity index (χ2n) is 5.90. The van der Waals surface area contributed by atoms with E-state index in [9.17, 15) is 0 Å². The van der Waals surface area contributed by atoms with Crippen LogP contribution in [0.2, 0.25) is 0 Å². The fourth-order valence-electron chi connectivity index (χ4n) is 2.26. The summed E-state index contributed by atoms with van der Waals surface area (Å²) in [4.78, 5) is 6.71. The molecule has 2 unspecified atom stereocenters. The number of aliphatic imine (C=N–C) groups is 1. The minimum absolute atomic E-state index is 0. The zero-order valence-corrected chi connectivity index (χ0v) is 15.4. The van der Waals surface area contributed by atoms with Gasteiger partial charge < -0.3 is 15.5 Å². The lowest BCUT2D eigenvalue weighted by molar-refractivity contribution is 0.210. The Morgan fingerprint density at radius 3 is 2.58 bits per heavy atom. The molecule has 1 aliphatic heterocycles. The van der Waals surface area contributed by atoms with Crippen molar-refractivity contribution in [1.82, 2.24) is 15.5 Å². The van der Waals surface area contributed by atoms with Crippen molar-refractivity contribution in [2.24, 2.45) is 16.8 Å². The maximum absolute atomic E-state index is 4.29. The van der Waals surface area contributed by atoms with Gasteiger partial charge in [-0.1, -0.05) is 13.8 Å². The molecule has 0 saturated carbocycles. The van der Waals surface area contributed by atoms with Gasteiger partial charge in [-0.15, -0.1) is 24.0 Å². The summed E-state index contributed by atoms with van der Waals surface area (Å²) in [5.74, 6) is 2.30. The molecule has 0 aromatic carbocycles. The molecule has 19 heavy (non-hydrogen) atoms. The van der Waals surface area contributed by atoms with Crippen molar-refractivity contribution in [3.05, 3.63) is 0 Å². The van der Waals surface area contributed by atoms with Gasteiger partial charge in [-0.2, -0.15) is 0 Å². The van der Waals surface area contributed by atoms with Crippen LogP contribution in [0.4, 0.5) is 0 Å². The lowest BCUT2D eigenvalue weighted by Crippen LogP contribution is -2.47. The Labute approximate surface area is 135 Å². The molecule has 1 aliphatic rings. The number of piperidine rings is 1. The highest BCUT2D eigenvalue weighted by atomic mass is 127. The Kier molecular flexibility index (Phi) is 9.78. The van der Waals surface area contributed by atoms with Crippen LogP contribution in [-0.2, 0) is 0 Å². The van der Waals surface area contributed by atoms with E-state index in [1.165, 1.54) is 25.9 Å². The number of hydrogen-bond acceptors (Lipinski definition) is 2. The van der Waals surface area contributed by atoms with Crippen molar-refractivity contribution < 1.29 is 0 Å². The molecule has 0 aromatic rings.